The maximum atomic E-state index is 13.9. The molecule has 1 amide bonds. The van der Waals surface area contributed by atoms with Gasteiger partial charge in [-0.15, -0.1) is 0 Å². The number of aromatic nitrogens is 2. The molecule has 0 saturated heterocycles. The first kappa shape index (κ1) is 18.4. The molecule has 6 heteroatoms. The summed E-state index contributed by atoms with van der Waals surface area (Å²) >= 11 is 0. The second kappa shape index (κ2) is 7.98. The van der Waals surface area contributed by atoms with Crippen molar-refractivity contribution in [2.45, 2.75) is 6.42 Å². The fourth-order valence-electron chi connectivity index (χ4n) is 3.07. The van der Waals surface area contributed by atoms with Gasteiger partial charge in [-0.25, -0.2) is 9.37 Å². The third kappa shape index (κ3) is 4.16. The first-order valence-electron chi connectivity index (χ1n) is 9.08. The van der Waals surface area contributed by atoms with Gasteiger partial charge >= 0.3 is 0 Å². The smallest absolute Gasteiger partial charge is 0.260 e. The Balaban J connectivity index is 1.68. The zero-order valence-corrected chi connectivity index (χ0v) is 15.4. The van der Waals surface area contributed by atoms with E-state index in [1.54, 1.807) is 30.3 Å². The maximum absolute atomic E-state index is 13.9. The Morgan fingerprint density at radius 2 is 1.66 bits per heavy atom. The number of anilines is 1. The number of aromatic amines is 1. The monoisotopic (exact) mass is 387 g/mol. The molecular weight excluding hydrogens is 369 g/mol. The summed E-state index contributed by atoms with van der Waals surface area (Å²) in [4.78, 5) is 20.1. The van der Waals surface area contributed by atoms with Crippen molar-refractivity contribution in [2.24, 2.45) is 0 Å². The van der Waals surface area contributed by atoms with Crippen molar-refractivity contribution in [2.75, 3.05) is 5.32 Å². The first-order chi connectivity index (χ1) is 14.1. The quantitative estimate of drug-likeness (QED) is 0.462. The molecule has 0 bridgehead atoms. The first-order valence-corrected chi connectivity index (χ1v) is 9.08. The summed E-state index contributed by atoms with van der Waals surface area (Å²) in [5, 5.41) is 12.2. The van der Waals surface area contributed by atoms with Crippen LogP contribution in [0.5, 0.6) is 5.75 Å². The summed E-state index contributed by atoms with van der Waals surface area (Å²) in [6.07, 6.45) is 0.569. The molecule has 0 aliphatic rings. The second-order valence-corrected chi connectivity index (χ2v) is 6.56. The number of carbonyl (C=O) groups excluding carboxylic acids is 1. The number of rotatable bonds is 5. The predicted octanol–water partition coefficient (Wildman–Crippen LogP) is 4.76. The van der Waals surface area contributed by atoms with Crippen LogP contribution in [-0.4, -0.2) is 21.0 Å². The average molecular weight is 387 g/mol. The lowest BCUT2D eigenvalue weighted by atomic mass is 10.0. The molecule has 3 aromatic carbocycles. The number of nitrogens with one attached hydrogen (secondary N) is 2. The van der Waals surface area contributed by atoms with Crippen LogP contribution in [0, 0.1) is 5.82 Å². The van der Waals surface area contributed by atoms with E-state index in [1.165, 1.54) is 18.2 Å². The third-order valence-corrected chi connectivity index (χ3v) is 4.49. The maximum Gasteiger partial charge on any atom is 0.260 e. The standard InChI is InChI=1S/C23H18FN3O2/c24-19-9-5-4-8-18(19)22(29)27-23-25-20(14-15-6-2-1-3-7-15)21(26-23)16-10-12-17(28)13-11-16/h1-13,28H,14H2,(H2,25,26,27,29). The molecule has 0 saturated carbocycles. The highest BCUT2D eigenvalue weighted by atomic mass is 19.1. The van der Waals surface area contributed by atoms with Crippen LogP contribution in [-0.2, 0) is 6.42 Å². The second-order valence-electron chi connectivity index (χ2n) is 6.56. The summed E-state index contributed by atoms with van der Waals surface area (Å²) in [6.45, 7) is 0. The summed E-state index contributed by atoms with van der Waals surface area (Å²) in [5.74, 6) is -0.797. The molecule has 4 rings (SSSR count). The molecule has 0 fully saturated rings. The van der Waals surface area contributed by atoms with Gasteiger partial charge < -0.3 is 10.1 Å². The highest BCUT2D eigenvalue weighted by molar-refractivity contribution is 6.03. The van der Waals surface area contributed by atoms with E-state index in [0.717, 1.165) is 16.8 Å². The molecule has 144 valence electrons. The Morgan fingerprint density at radius 3 is 2.38 bits per heavy atom. The number of hydrogen-bond acceptors (Lipinski definition) is 3. The third-order valence-electron chi connectivity index (χ3n) is 4.49. The lowest BCUT2D eigenvalue weighted by Gasteiger charge is -2.03. The number of amides is 1. The molecule has 4 aromatic rings. The largest absolute Gasteiger partial charge is 0.508 e. The number of benzene rings is 3. The Bertz CT molecular complexity index is 1140. The van der Waals surface area contributed by atoms with E-state index in [0.29, 0.717) is 12.1 Å². The molecule has 0 atom stereocenters. The minimum Gasteiger partial charge on any atom is -0.508 e. The van der Waals surface area contributed by atoms with Crippen molar-refractivity contribution in [1.82, 2.24) is 9.97 Å². The summed E-state index contributed by atoms with van der Waals surface area (Å²) < 4.78 is 13.9. The van der Waals surface area contributed by atoms with E-state index in [-0.39, 0.29) is 17.3 Å². The Kier molecular flexibility index (Phi) is 5.07. The number of halogens is 1. The van der Waals surface area contributed by atoms with Crippen molar-refractivity contribution in [3.05, 3.63) is 102 Å². The van der Waals surface area contributed by atoms with Gasteiger partial charge in [0, 0.05) is 17.7 Å². The fraction of sp³-hybridized carbons (Fsp3) is 0.0435. The Morgan fingerprint density at radius 1 is 0.966 bits per heavy atom. The molecule has 29 heavy (non-hydrogen) atoms. The van der Waals surface area contributed by atoms with Crippen LogP contribution >= 0.6 is 0 Å². The van der Waals surface area contributed by atoms with Crippen molar-refractivity contribution < 1.29 is 14.3 Å². The Labute approximate surface area is 166 Å². The van der Waals surface area contributed by atoms with E-state index in [9.17, 15) is 14.3 Å². The number of imidazole rings is 1. The molecular formula is C23H18FN3O2. The number of phenols is 1. The van der Waals surface area contributed by atoms with Gasteiger partial charge in [0.05, 0.1) is 11.3 Å². The molecule has 0 aliphatic heterocycles. The molecule has 0 unspecified atom stereocenters. The number of phenolic OH excluding ortho intramolecular Hbond substituents is 1. The van der Waals surface area contributed by atoms with Crippen molar-refractivity contribution in [3.8, 4) is 17.0 Å². The van der Waals surface area contributed by atoms with Crippen LogP contribution < -0.4 is 5.32 Å². The van der Waals surface area contributed by atoms with Gasteiger partial charge in [-0.3, -0.25) is 10.1 Å². The highest BCUT2D eigenvalue weighted by Gasteiger charge is 2.17. The van der Waals surface area contributed by atoms with Gasteiger partial charge in [-0.1, -0.05) is 42.5 Å². The molecule has 5 nitrogen and oxygen atoms in total. The fourth-order valence-corrected chi connectivity index (χ4v) is 3.07. The van der Waals surface area contributed by atoms with Crippen LogP contribution in [0.1, 0.15) is 21.6 Å². The SMILES string of the molecule is O=C(Nc1nc(-c2ccc(O)cc2)c(Cc2ccccc2)[nH]1)c1ccccc1F. The number of carbonyl (C=O) groups is 1. The molecule has 1 heterocycles. The normalized spacial score (nSPS) is 10.7. The molecule has 0 radical (unpaired) electrons. The van der Waals surface area contributed by atoms with Crippen LogP contribution in [0.2, 0.25) is 0 Å². The van der Waals surface area contributed by atoms with E-state index < -0.39 is 11.7 Å². The predicted molar refractivity (Wildman–Crippen MR) is 109 cm³/mol. The molecule has 1 aromatic heterocycles. The van der Waals surface area contributed by atoms with Crippen molar-refractivity contribution >= 4 is 11.9 Å². The lowest BCUT2D eigenvalue weighted by molar-refractivity contribution is 0.102. The zero-order valence-electron chi connectivity index (χ0n) is 15.4. The summed E-state index contributed by atoms with van der Waals surface area (Å²) in [6, 6.07) is 22.3. The molecule has 0 aliphatic carbocycles. The van der Waals surface area contributed by atoms with Gasteiger partial charge in [0.1, 0.15) is 11.6 Å². The van der Waals surface area contributed by atoms with E-state index in [1.807, 2.05) is 30.3 Å². The van der Waals surface area contributed by atoms with Crippen molar-refractivity contribution in [1.29, 1.82) is 0 Å². The Hall–Kier alpha value is -3.93. The number of H-pyrrole nitrogens is 1. The van der Waals surface area contributed by atoms with Gasteiger partial charge in [-0.05, 0) is 42.0 Å². The van der Waals surface area contributed by atoms with Gasteiger partial charge in [0.15, 0.2) is 0 Å². The van der Waals surface area contributed by atoms with E-state index >= 15 is 0 Å². The van der Waals surface area contributed by atoms with Gasteiger partial charge in [0.25, 0.3) is 5.91 Å². The minimum absolute atomic E-state index is 0.0558. The zero-order chi connectivity index (χ0) is 20.2. The van der Waals surface area contributed by atoms with E-state index in [2.05, 4.69) is 15.3 Å². The summed E-state index contributed by atoms with van der Waals surface area (Å²) in [7, 11) is 0. The van der Waals surface area contributed by atoms with Crippen molar-refractivity contribution in [3.63, 3.8) is 0 Å². The lowest BCUT2D eigenvalue weighted by Crippen LogP contribution is -2.14. The summed E-state index contributed by atoms with van der Waals surface area (Å²) in [5.41, 5.74) is 3.25. The van der Waals surface area contributed by atoms with E-state index in [4.69, 9.17) is 0 Å². The number of hydrogen-bond donors (Lipinski definition) is 3. The van der Waals surface area contributed by atoms with Crippen LogP contribution in [0.3, 0.4) is 0 Å². The average Bonchev–Trinajstić information content (AvgIpc) is 3.11. The number of aromatic hydroxyl groups is 1. The van der Waals surface area contributed by atoms with Crippen LogP contribution in [0.25, 0.3) is 11.3 Å². The topological polar surface area (TPSA) is 78.0 Å². The van der Waals surface area contributed by atoms with Gasteiger partial charge in [0.2, 0.25) is 5.95 Å². The number of nitrogens with zero attached hydrogens (tertiary/aromatic N) is 1. The van der Waals surface area contributed by atoms with Crippen LogP contribution in [0.4, 0.5) is 10.3 Å². The molecule has 3 N–H and O–H groups in total. The van der Waals surface area contributed by atoms with Gasteiger partial charge in [-0.2, -0.15) is 0 Å². The molecule has 0 spiro atoms. The highest BCUT2D eigenvalue weighted by Crippen LogP contribution is 2.27. The minimum atomic E-state index is -0.597. The van der Waals surface area contributed by atoms with Crippen LogP contribution in [0.15, 0.2) is 78.9 Å².